The highest BCUT2D eigenvalue weighted by atomic mass is 16.5. The van der Waals surface area contributed by atoms with E-state index in [4.69, 9.17) is 14.2 Å². The lowest BCUT2D eigenvalue weighted by Crippen LogP contribution is -2.31. The van der Waals surface area contributed by atoms with Gasteiger partial charge in [-0.05, 0) is 42.8 Å². The van der Waals surface area contributed by atoms with Crippen molar-refractivity contribution in [1.82, 2.24) is 5.32 Å². The highest BCUT2D eigenvalue weighted by molar-refractivity contribution is 5.78. The molecule has 0 aliphatic rings. The molecule has 0 radical (unpaired) electrons. The van der Waals surface area contributed by atoms with Crippen LogP contribution in [-0.4, -0.2) is 19.6 Å². The van der Waals surface area contributed by atoms with Crippen molar-refractivity contribution < 1.29 is 19.0 Å². The minimum absolute atomic E-state index is 0.0658. The van der Waals surface area contributed by atoms with Crippen LogP contribution in [0.5, 0.6) is 17.2 Å². The summed E-state index contributed by atoms with van der Waals surface area (Å²) in [5, 5.41) is 2.92. The number of hydrogen-bond acceptors (Lipinski definition) is 4. The molecule has 29 heavy (non-hydrogen) atoms. The molecule has 3 rings (SSSR count). The molecule has 1 amide bonds. The van der Waals surface area contributed by atoms with Crippen LogP contribution in [0, 0.1) is 0 Å². The van der Waals surface area contributed by atoms with Crippen molar-refractivity contribution in [3.8, 4) is 17.2 Å². The van der Waals surface area contributed by atoms with Gasteiger partial charge in [-0.3, -0.25) is 4.79 Å². The number of ether oxygens (including phenoxy) is 3. The van der Waals surface area contributed by atoms with Crippen molar-refractivity contribution in [3.63, 3.8) is 0 Å². The highest BCUT2D eigenvalue weighted by Crippen LogP contribution is 2.24. The third-order valence-electron chi connectivity index (χ3n) is 4.42. The van der Waals surface area contributed by atoms with Gasteiger partial charge in [-0.2, -0.15) is 0 Å². The van der Waals surface area contributed by atoms with Crippen LogP contribution in [0.25, 0.3) is 0 Å². The summed E-state index contributed by atoms with van der Waals surface area (Å²) in [6, 6.07) is 24.6. The van der Waals surface area contributed by atoms with Gasteiger partial charge in [-0.25, -0.2) is 0 Å². The van der Waals surface area contributed by atoms with Gasteiger partial charge in [0.15, 0.2) is 6.61 Å². The highest BCUT2D eigenvalue weighted by Gasteiger charge is 2.14. The first-order valence-electron chi connectivity index (χ1n) is 9.47. The van der Waals surface area contributed by atoms with Crippen LogP contribution >= 0.6 is 0 Å². The van der Waals surface area contributed by atoms with Gasteiger partial charge >= 0.3 is 0 Å². The molecule has 0 spiro atoms. The van der Waals surface area contributed by atoms with Gasteiger partial charge in [0.2, 0.25) is 0 Å². The summed E-state index contributed by atoms with van der Waals surface area (Å²) in [6.07, 6.45) is 0. The lowest BCUT2D eigenvalue weighted by molar-refractivity contribution is -0.123. The molecule has 5 nitrogen and oxygen atoms in total. The topological polar surface area (TPSA) is 56.8 Å². The second kappa shape index (κ2) is 10.2. The van der Waals surface area contributed by atoms with Crippen LogP contribution in [0.3, 0.4) is 0 Å². The Morgan fingerprint density at radius 2 is 1.48 bits per heavy atom. The van der Waals surface area contributed by atoms with E-state index in [1.807, 2.05) is 73.7 Å². The van der Waals surface area contributed by atoms with Crippen molar-refractivity contribution in [2.45, 2.75) is 19.6 Å². The number of rotatable bonds is 9. The zero-order valence-corrected chi connectivity index (χ0v) is 16.6. The number of carbonyl (C=O) groups excluding carboxylic acids is 1. The molecule has 0 aromatic heterocycles. The quantitative estimate of drug-likeness (QED) is 0.582. The molecule has 3 aromatic rings. The summed E-state index contributed by atoms with van der Waals surface area (Å²) >= 11 is 0. The monoisotopic (exact) mass is 391 g/mol. The minimum atomic E-state index is -0.201. The van der Waals surface area contributed by atoms with Crippen LogP contribution in [0.1, 0.15) is 24.1 Å². The maximum Gasteiger partial charge on any atom is 0.258 e. The third kappa shape index (κ3) is 6.01. The Morgan fingerprint density at radius 3 is 2.17 bits per heavy atom. The molecule has 0 fully saturated rings. The Labute approximate surface area is 171 Å². The molecule has 0 saturated heterocycles. The van der Waals surface area contributed by atoms with Crippen molar-refractivity contribution in [2.24, 2.45) is 0 Å². The molecule has 0 aliphatic heterocycles. The standard InChI is InChI=1S/C24H25NO4/c1-18(22-10-6-7-11-23(22)27-2)25-24(26)17-29-21-14-12-20(13-15-21)28-16-19-8-4-3-5-9-19/h3-15,18H,16-17H2,1-2H3,(H,25,26)/t18-/m0/s1. The van der Waals surface area contributed by atoms with Gasteiger partial charge in [0, 0.05) is 5.56 Å². The van der Waals surface area contributed by atoms with E-state index in [9.17, 15) is 4.79 Å². The zero-order chi connectivity index (χ0) is 20.5. The predicted octanol–water partition coefficient (Wildman–Crippen LogP) is 4.53. The number of para-hydroxylation sites is 1. The summed E-state index contributed by atoms with van der Waals surface area (Å²) in [5.74, 6) is 1.90. The number of benzene rings is 3. The van der Waals surface area contributed by atoms with Gasteiger partial charge in [-0.15, -0.1) is 0 Å². The fourth-order valence-electron chi connectivity index (χ4n) is 2.91. The first-order chi connectivity index (χ1) is 14.2. The fraction of sp³-hybridized carbons (Fsp3) is 0.208. The fourth-order valence-corrected chi connectivity index (χ4v) is 2.91. The van der Waals surface area contributed by atoms with Crippen LogP contribution < -0.4 is 19.5 Å². The minimum Gasteiger partial charge on any atom is -0.496 e. The Morgan fingerprint density at radius 1 is 0.862 bits per heavy atom. The number of nitrogens with one attached hydrogen (secondary N) is 1. The van der Waals surface area contributed by atoms with Crippen LogP contribution in [0.15, 0.2) is 78.9 Å². The maximum absolute atomic E-state index is 12.2. The van der Waals surface area contributed by atoms with E-state index in [1.165, 1.54) is 0 Å². The number of amides is 1. The first-order valence-corrected chi connectivity index (χ1v) is 9.47. The molecular weight excluding hydrogens is 366 g/mol. The Hall–Kier alpha value is -3.47. The molecule has 0 unspecified atom stereocenters. The van der Waals surface area contributed by atoms with Crippen molar-refractivity contribution in [1.29, 1.82) is 0 Å². The van der Waals surface area contributed by atoms with E-state index < -0.39 is 0 Å². The van der Waals surface area contributed by atoms with Crippen LogP contribution in [0.2, 0.25) is 0 Å². The summed E-state index contributed by atoms with van der Waals surface area (Å²) in [4.78, 5) is 12.2. The number of hydrogen-bond donors (Lipinski definition) is 1. The van der Waals surface area contributed by atoms with Crippen molar-refractivity contribution in [2.75, 3.05) is 13.7 Å². The summed E-state index contributed by atoms with van der Waals surface area (Å²) in [5.41, 5.74) is 2.02. The molecule has 0 saturated carbocycles. The van der Waals surface area contributed by atoms with Crippen LogP contribution in [-0.2, 0) is 11.4 Å². The molecule has 0 bridgehead atoms. The Kier molecular flexibility index (Phi) is 7.11. The summed E-state index contributed by atoms with van der Waals surface area (Å²) in [6.45, 7) is 2.35. The number of carbonyl (C=O) groups is 1. The number of methoxy groups -OCH3 is 1. The Bertz CT molecular complexity index is 910. The van der Waals surface area contributed by atoms with E-state index in [2.05, 4.69) is 5.32 Å². The molecular formula is C24H25NO4. The van der Waals surface area contributed by atoms with E-state index in [-0.39, 0.29) is 18.6 Å². The molecule has 5 heteroatoms. The van der Waals surface area contributed by atoms with Gasteiger partial charge in [-0.1, -0.05) is 48.5 Å². The molecule has 1 atom stereocenters. The lowest BCUT2D eigenvalue weighted by atomic mass is 10.1. The van der Waals surface area contributed by atoms with Gasteiger partial charge in [0.05, 0.1) is 13.2 Å². The lowest BCUT2D eigenvalue weighted by Gasteiger charge is -2.17. The second-order valence-electron chi connectivity index (χ2n) is 6.57. The average Bonchev–Trinajstić information content (AvgIpc) is 2.77. The smallest absolute Gasteiger partial charge is 0.258 e. The zero-order valence-electron chi connectivity index (χ0n) is 16.6. The van der Waals surface area contributed by atoms with Gasteiger partial charge in [0.25, 0.3) is 5.91 Å². The van der Waals surface area contributed by atoms with Gasteiger partial charge < -0.3 is 19.5 Å². The normalized spacial score (nSPS) is 11.4. The summed E-state index contributed by atoms with van der Waals surface area (Å²) < 4.78 is 16.7. The first kappa shape index (κ1) is 20.3. The van der Waals surface area contributed by atoms with E-state index in [1.54, 1.807) is 19.2 Å². The van der Waals surface area contributed by atoms with Crippen molar-refractivity contribution in [3.05, 3.63) is 90.0 Å². The van der Waals surface area contributed by atoms with Gasteiger partial charge in [0.1, 0.15) is 23.9 Å². The molecule has 1 N–H and O–H groups in total. The largest absolute Gasteiger partial charge is 0.496 e. The molecule has 150 valence electrons. The van der Waals surface area contributed by atoms with E-state index in [0.29, 0.717) is 12.4 Å². The molecule has 0 heterocycles. The SMILES string of the molecule is COc1ccccc1[C@H](C)NC(=O)COc1ccc(OCc2ccccc2)cc1. The predicted molar refractivity (Wildman–Crippen MR) is 112 cm³/mol. The maximum atomic E-state index is 12.2. The van der Waals surface area contributed by atoms with Crippen LogP contribution in [0.4, 0.5) is 0 Å². The van der Waals surface area contributed by atoms with Crippen molar-refractivity contribution >= 4 is 5.91 Å². The average molecular weight is 391 g/mol. The molecule has 3 aromatic carbocycles. The third-order valence-corrected chi connectivity index (χ3v) is 4.42. The van der Waals surface area contributed by atoms with E-state index in [0.717, 1.165) is 22.6 Å². The second-order valence-corrected chi connectivity index (χ2v) is 6.57. The Balaban J connectivity index is 1.46. The van der Waals surface area contributed by atoms with E-state index >= 15 is 0 Å². The summed E-state index contributed by atoms with van der Waals surface area (Å²) in [7, 11) is 1.61. The molecule has 0 aliphatic carbocycles.